The van der Waals surface area contributed by atoms with Crippen molar-refractivity contribution in [2.75, 3.05) is 19.8 Å². The van der Waals surface area contributed by atoms with E-state index in [1.165, 1.54) is 12.1 Å². The van der Waals surface area contributed by atoms with Crippen LogP contribution < -0.4 is 14.8 Å². The van der Waals surface area contributed by atoms with Crippen LogP contribution in [-0.2, 0) is 0 Å². The van der Waals surface area contributed by atoms with E-state index in [0.29, 0.717) is 51.7 Å². The van der Waals surface area contributed by atoms with Gasteiger partial charge in [-0.2, -0.15) is 0 Å². The van der Waals surface area contributed by atoms with E-state index in [-0.39, 0.29) is 22.0 Å². The smallest absolute Gasteiger partial charge is 0.252 e. The molecular formula is C19H15Cl6NO3. The summed E-state index contributed by atoms with van der Waals surface area (Å²) in [5.74, 6) is 0.485. The van der Waals surface area contributed by atoms with Gasteiger partial charge in [-0.05, 0) is 30.7 Å². The number of carbonyl (C=O) groups excluding carboxylic acids is 1. The molecule has 29 heavy (non-hydrogen) atoms. The fourth-order valence-electron chi connectivity index (χ4n) is 2.18. The number of amides is 1. The molecule has 0 spiro atoms. The molecule has 0 bridgehead atoms. The molecule has 156 valence electrons. The van der Waals surface area contributed by atoms with Crippen molar-refractivity contribution in [1.82, 2.24) is 5.32 Å². The van der Waals surface area contributed by atoms with Crippen molar-refractivity contribution in [2.24, 2.45) is 0 Å². The molecule has 0 aliphatic rings. The molecule has 2 rings (SSSR count). The number of hydrogen-bond donors (Lipinski definition) is 1. The topological polar surface area (TPSA) is 47.6 Å². The Bertz CT molecular complexity index is 877. The third kappa shape index (κ3) is 7.97. The third-order valence-corrected chi connectivity index (χ3v) is 4.91. The monoisotopic (exact) mass is 515 g/mol. The molecule has 1 N–H and O–H groups in total. The number of rotatable bonds is 9. The number of halogens is 6. The van der Waals surface area contributed by atoms with Gasteiger partial charge in [0.1, 0.15) is 16.8 Å². The van der Waals surface area contributed by atoms with Crippen LogP contribution in [0.1, 0.15) is 16.8 Å². The minimum absolute atomic E-state index is 0.104. The molecule has 0 saturated carbocycles. The van der Waals surface area contributed by atoms with Crippen molar-refractivity contribution in [3.63, 3.8) is 0 Å². The Morgan fingerprint density at radius 3 is 2.28 bits per heavy atom. The highest BCUT2D eigenvalue weighted by Crippen LogP contribution is 2.37. The van der Waals surface area contributed by atoms with Crippen molar-refractivity contribution < 1.29 is 14.3 Å². The lowest BCUT2D eigenvalue weighted by Gasteiger charge is -2.12. The van der Waals surface area contributed by atoms with Gasteiger partial charge in [-0.3, -0.25) is 4.79 Å². The van der Waals surface area contributed by atoms with Gasteiger partial charge in [-0.15, -0.1) is 0 Å². The van der Waals surface area contributed by atoms with Crippen LogP contribution in [0.5, 0.6) is 11.5 Å². The fraction of sp³-hybridized carbons (Fsp3) is 0.211. The van der Waals surface area contributed by atoms with Crippen LogP contribution in [0.25, 0.3) is 0 Å². The first-order chi connectivity index (χ1) is 13.8. The Morgan fingerprint density at radius 2 is 1.66 bits per heavy atom. The maximum atomic E-state index is 12.1. The lowest BCUT2D eigenvalue weighted by Crippen LogP contribution is -2.25. The quantitative estimate of drug-likeness (QED) is 0.358. The van der Waals surface area contributed by atoms with Crippen molar-refractivity contribution in [1.29, 1.82) is 0 Å². The van der Waals surface area contributed by atoms with Gasteiger partial charge in [-0.1, -0.05) is 69.6 Å². The molecule has 10 heteroatoms. The summed E-state index contributed by atoms with van der Waals surface area (Å²) in [7, 11) is 0. The SMILES string of the molecule is O=C(NCCCOc1c(Cl)cc(OCC=C(Cl)Cl)cc1Cl)c1ccc(Cl)cc1Cl. The molecule has 0 saturated heterocycles. The molecule has 0 aromatic heterocycles. The van der Waals surface area contributed by atoms with Crippen molar-refractivity contribution in [2.45, 2.75) is 6.42 Å². The molecule has 1 amide bonds. The van der Waals surface area contributed by atoms with E-state index in [4.69, 9.17) is 79.1 Å². The second-order valence-corrected chi connectivity index (χ2v) is 8.27. The molecule has 0 heterocycles. The molecule has 0 radical (unpaired) electrons. The summed E-state index contributed by atoms with van der Waals surface area (Å²) < 4.78 is 11.2. The Labute approximate surface area is 198 Å². The van der Waals surface area contributed by atoms with Crippen LogP contribution in [0.15, 0.2) is 40.9 Å². The number of ether oxygens (including phenoxy) is 2. The Morgan fingerprint density at radius 1 is 0.966 bits per heavy atom. The van der Waals surface area contributed by atoms with Gasteiger partial charge < -0.3 is 14.8 Å². The number of benzene rings is 2. The first-order valence-corrected chi connectivity index (χ1v) is 10.5. The molecule has 0 atom stereocenters. The van der Waals surface area contributed by atoms with Crippen LogP contribution >= 0.6 is 69.6 Å². The zero-order chi connectivity index (χ0) is 21.4. The summed E-state index contributed by atoms with van der Waals surface area (Å²) >= 11 is 35.3. The standard InChI is InChI=1S/C19H15Cl6NO3/c20-11-2-3-13(14(21)8-11)19(27)26-5-1-6-29-18-15(22)9-12(10-16(18)23)28-7-4-17(24)25/h2-4,8-10H,1,5-7H2,(H,26,27). The maximum Gasteiger partial charge on any atom is 0.252 e. The first kappa shape index (κ1) is 24.3. The van der Waals surface area contributed by atoms with E-state index < -0.39 is 0 Å². The number of nitrogens with one attached hydrogen (secondary N) is 1. The fourth-order valence-corrected chi connectivity index (χ4v) is 3.37. The number of hydrogen-bond acceptors (Lipinski definition) is 3. The molecule has 0 aliphatic carbocycles. The second-order valence-electron chi connectivity index (χ2n) is 5.60. The third-order valence-electron chi connectivity index (χ3n) is 3.49. The van der Waals surface area contributed by atoms with E-state index in [1.54, 1.807) is 24.3 Å². The summed E-state index contributed by atoms with van der Waals surface area (Å²) in [6, 6.07) is 7.82. The minimum Gasteiger partial charge on any atom is -0.490 e. The van der Waals surface area contributed by atoms with Gasteiger partial charge in [0.2, 0.25) is 0 Å². The zero-order valence-electron chi connectivity index (χ0n) is 14.8. The Hall–Kier alpha value is -1.01. The molecular weight excluding hydrogens is 503 g/mol. The largest absolute Gasteiger partial charge is 0.490 e. The Balaban J connectivity index is 1.81. The number of carbonyl (C=O) groups is 1. The highest BCUT2D eigenvalue weighted by Gasteiger charge is 2.12. The van der Waals surface area contributed by atoms with Crippen LogP contribution in [0.2, 0.25) is 20.1 Å². The van der Waals surface area contributed by atoms with Crippen LogP contribution in [-0.4, -0.2) is 25.7 Å². The predicted molar refractivity (Wildman–Crippen MR) is 121 cm³/mol. The molecule has 0 aliphatic heterocycles. The average molecular weight is 518 g/mol. The molecule has 4 nitrogen and oxygen atoms in total. The van der Waals surface area contributed by atoms with E-state index in [1.807, 2.05) is 0 Å². The predicted octanol–water partition coefficient (Wildman–Crippen LogP) is 7.20. The maximum absolute atomic E-state index is 12.1. The normalized spacial score (nSPS) is 10.4. The van der Waals surface area contributed by atoms with Gasteiger partial charge in [-0.25, -0.2) is 0 Å². The van der Waals surface area contributed by atoms with Crippen LogP contribution in [0.3, 0.4) is 0 Å². The highest BCUT2D eigenvalue weighted by molar-refractivity contribution is 6.55. The van der Waals surface area contributed by atoms with E-state index >= 15 is 0 Å². The summed E-state index contributed by atoms with van der Waals surface area (Å²) in [4.78, 5) is 12.1. The van der Waals surface area contributed by atoms with Gasteiger partial charge in [0, 0.05) is 23.7 Å². The minimum atomic E-state index is -0.296. The van der Waals surface area contributed by atoms with Crippen LogP contribution in [0, 0.1) is 0 Å². The van der Waals surface area contributed by atoms with E-state index in [0.717, 1.165) is 0 Å². The summed E-state index contributed by atoms with van der Waals surface area (Å²) in [5.41, 5.74) is 0.351. The van der Waals surface area contributed by atoms with Gasteiger partial charge in [0.15, 0.2) is 5.75 Å². The van der Waals surface area contributed by atoms with Crippen molar-refractivity contribution in [3.8, 4) is 11.5 Å². The lowest BCUT2D eigenvalue weighted by molar-refractivity contribution is 0.0951. The first-order valence-electron chi connectivity index (χ1n) is 8.27. The molecule has 0 unspecified atom stereocenters. The summed E-state index contributed by atoms with van der Waals surface area (Å²) in [6.45, 7) is 0.838. The van der Waals surface area contributed by atoms with E-state index in [9.17, 15) is 4.79 Å². The van der Waals surface area contributed by atoms with Crippen molar-refractivity contribution in [3.05, 3.63) is 66.6 Å². The van der Waals surface area contributed by atoms with E-state index in [2.05, 4.69) is 5.32 Å². The molecule has 2 aromatic rings. The average Bonchev–Trinajstić information content (AvgIpc) is 2.62. The summed E-state index contributed by atoms with van der Waals surface area (Å²) in [6.07, 6.45) is 2.02. The Kier molecular flexibility index (Phi) is 10.0. The van der Waals surface area contributed by atoms with Gasteiger partial charge in [0.05, 0.1) is 27.2 Å². The molecule has 0 fully saturated rings. The second kappa shape index (κ2) is 12.0. The summed E-state index contributed by atoms with van der Waals surface area (Å²) in [5, 5.41) is 4.10. The van der Waals surface area contributed by atoms with Gasteiger partial charge >= 0.3 is 0 Å². The zero-order valence-corrected chi connectivity index (χ0v) is 19.3. The molecule has 2 aromatic carbocycles. The van der Waals surface area contributed by atoms with Crippen molar-refractivity contribution >= 4 is 75.5 Å². The lowest BCUT2D eigenvalue weighted by atomic mass is 10.2. The van der Waals surface area contributed by atoms with Crippen LogP contribution in [0.4, 0.5) is 0 Å². The highest BCUT2D eigenvalue weighted by atomic mass is 35.5. The van der Waals surface area contributed by atoms with Gasteiger partial charge in [0.25, 0.3) is 5.91 Å².